The Kier molecular flexibility index (Phi) is 6.08. The van der Waals surface area contributed by atoms with E-state index < -0.39 is 5.41 Å². The summed E-state index contributed by atoms with van der Waals surface area (Å²) in [7, 11) is 0. The van der Waals surface area contributed by atoms with E-state index in [0.717, 1.165) is 36.8 Å². The van der Waals surface area contributed by atoms with Crippen molar-refractivity contribution in [3.05, 3.63) is 5.01 Å². The SMILES string of the molecule is CC(C)(CSC1CCOCC1)C(=O)Nc1nnc(C(C)(C)C)s1. The molecule has 1 aliphatic rings. The van der Waals surface area contributed by atoms with E-state index in [0.29, 0.717) is 10.4 Å². The number of nitrogens with zero attached hydrogens (tertiary/aromatic N) is 2. The Morgan fingerprint density at radius 3 is 2.48 bits per heavy atom. The highest BCUT2D eigenvalue weighted by Crippen LogP contribution is 2.32. The van der Waals surface area contributed by atoms with Crippen LogP contribution < -0.4 is 5.32 Å². The van der Waals surface area contributed by atoms with E-state index in [4.69, 9.17) is 4.74 Å². The lowest BCUT2D eigenvalue weighted by atomic mass is 9.95. The maximum absolute atomic E-state index is 12.6. The average Bonchev–Trinajstić information content (AvgIpc) is 2.95. The second kappa shape index (κ2) is 7.49. The topological polar surface area (TPSA) is 64.1 Å². The molecule has 0 atom stereocenters. The maximum Gasteiger partial charge on any atom is 0.232 e. The van der Waals surface area contributed by atoms with Crippen molar-refractivity contribution in [1.82, 2.24) is 10.2 Å². The molecule has 7 heteroatoms. The minimum Gasteiger partial charge on any atom is -0.381 e. The number of carbonyl (C=O) groups excluding carboxylic acids is 1. The molecule has 1 fully saturated rings. The summed E-state index contributed by atoms with van der Waals surface area (Å²) in [6, 6.07) is 0. The molecule has 1 aromatic heterocycles. The van der Waals surface area contributed by atoms with Crippen molar-refractivity contribution in [2.75, 3.05) is 24.3 Å². The van der Waals surface area contributed by atoms with Gasteiger partial charge in [-0.1, -0.05) is 46.0 Å². The highest BCUT2D eigenvalue weighted by molar-refractivity contribution is 7.99. The van der Waals surface area contributed by atoms with Crippen molar-refractivity contribution < 1.29 is 9.53 Å². The quantitative estimate of drug-likeness (QED) is 0.870. The molecule has 2 rings (SSSR count). The van der Waals surface area contributed by atoms with Crippen molar-refractivity contribution in [3.8, 4) is 0 Å². The third-order valence-electron chi connectivity index (χ3n) is 3.75. The van der Waals surface area contributed by atoms with Gasteiger partial charge in [0.25, 0.3) is 0 Å². The first kappa shape index (κ1) is 18.7. The zero-order valence-electron chi connectivity index (χ0n) is 14.6. The van der Waals surface area contributed by atoms with Crippen LogP contribution in [-0.2, 0) is 14.9 Å². The average molecular weight is 358 g/mol. The maximum atomic E-state index is 12.6. The lowest BCUT2D eigenvalue weighted by molar-refractivity contribution is -0.122. The molecule has 0 aromatic carbocycles. The Hall–Kier alpha value is -0.660. The van der Waals surface area contributed by atoms with Crippen LogP contribution in [0.3, 0.4) is 0 Å². The van der Waals surface area contributed by atoms with E-state index >= 15 is 0 Å². The van der Waals surface area contributed by atoms with E-state index in [1.54, 1.807) is 0 Å². The third-order valence-corrected chi connectivity index (χ3v) is 6.85. The highest BCUT2D eigenvalue weighted by atomic mass is 32.2. The fourth-order valence-corrected chi connectivity index (χ4v) is 4.18. The van der Waals surface area contributed by atoms with E-state index in [9.17, 15) is 4.79 Å². The molecule has 1 amide bonds. The summed E-state index contributed by atoms with van der Waals surface area (Å²) in [5, 5.41) is 13.3. The standard InChI is InChI=1S/C16H27N3O2S2/c1-15(2,3)13-18-19-14(23-13)17-12(20)16(4,5)10-22-11-6-8-21-9-7-11/h11H,6-10H2,1-5H3,(H,17,19,20). The van der Waals surface area contributed by atoms with Gasteiger partial charge in [-0.15, -0.1) is 10.2 Å². The van der Waals surface area contributed by atoms with Gasteiger partial charge in [0, 0.05) is 29.6 Å². The summed E-state index contributed by atoms with van der Waals surface area (Å²) >= 11 is 3.33. The molecule has 0 spiro atoms. The van der Waals surface area contributed by atoms with Crippen LogP contribution in [0.1, 0.15) is 52.5 Å². The van der Waals surface area contributed by atoms with Crippen molar-refractivity contribution in [3.63, 3.8) is 0 Å². The Bertz CT molecular complexity index is 532. The summed E-state index contributed by atoms with van der Waals surface area (Å²) in [6.07, 6.45) is 2.15. The van der Waals surface area contributed by atoms with Crippen LogP contribution in [0.2, 0.25) is 0 Å². The van der Waals surface area contributed by atoms with Crippen LogP contribution in [0.5, 0.6) is 0 Å². The number of carbonyl (C=O) groups is 1. The van der Waals surface area contributed by atoms with Crippen LogP contribution in [0, 0.1) is 5.41 Å². The Morgan fingerprint density at radius 1 is 1.26 bits per heavy atom. The molecule has 2 heterocycles. The lowest BCUT2D eigenvalue weighted by Gasteiger charge is -2.27. The van der Waals surface area contributed by atoms with Gasteiger partial charge < -0.3 is 10.1 Å². The summed E-state index contributed by atoms with van der Waals surface area (Å²) in [6.45, 7) is 11.9. The Labute approximate surface area is 147 Å². The third kappa shape index (κ3) is 5.43. The number of amides is 1. The van der Waals surface area contributed by atoms with Crippen LogP contribution in [-0.4, -0.2) is 40.3 Å². The molecule has 0 aliphatic carbocycles. The second-order valence-corrected chi connectivity index (χ2v) is 9.89. The minimum atomic E-state index is -0.434. The largest absolute Gasteiger partial charge is 0.381 e. The Morgan fingerprint density at radius 2 is 1.91 bits per heavy atom. The van der Waals surface area contributed by atoms with Gasteiger partial charge in [0.05, 0.1) is 5.41 Å². The number of hydrogen-bond acceptors (Lipinski definition) is 6. The first-order valence-electron chi connectivity index (χ1n) is 8.03. The number of hydrogen-bond donors (Lipinski definition) is 1. The fourth-order valence-electron chi connectivity index (χ4n) is 2.08. The van der Waals surface area contributed by atoms with Crippen LogP contribution in [0.25, 0.3) is 0 Å². The fraction of sp³-hybridized carbons (Fsp3) is 0.812. The monoisotopic (exact) mass is 357 g/mol. The minimum absolute atomic E-state index is 0.00803. The molecule has 0 radical (unpaired) electrons. The second-order valence-electron chi connectivity index (χ2n) is 7.62. The smallest absolute Gasteiger partial charge is 0.232 e. The van der Waals surface area contributed by atoms with Gasteiger partial charge >= 0.3 is 0 Å². The zero-order valence-corrected chi connectivity index (χ0v) is 16.3. The summed E-state index contributed by atoms with van der Waals surface area (Å²) in [5.41, 5.74) is -0.481. The number of nitrogens with one attached hydrogen (secondary N) is 1. The molecule has 0 bridgehead atoms. The number of ether oxygens (including phenoxy) is 1. The van der Waals surface area contributed by atoms with Gasteiger partial charge in [0.15, 0.2) is 0 Å². The summed E-state index contributed by atoms with van der Waals surface area (Å²) in [4.78, 5) is 12.6. The van der Waals surface area contributed by atoms with Gasteiger partial charge in [0.1, 0.15) is 5.01 Å². The number of aromatic nitrogens is 2. The van der Waals surface area contributed by atoms with Crippen molar-refractivity contribution in [2.24, 2.45) is 5.41 Å². The molecule has 1 aliphatic heterocycles. The molecule has 0 unspecified atom stereocenters. The van der Waals surface area contributed by atoms with Crippen molar-refractivity contribution >= 4 is 34.1 Å². The van der Waals surface area contributed by atoms with Gasteiger partial charge in [-0.3, -0.25) is 4.79 Å². The summed E-state index contributed by atoms with van der Waals surface area (Å²) < 4.78 is 5.38. The van der Waals surface area contributed by atoms with Crippen molar-refractivity contribution in [1.29, 1.82) is 0 Å². The molecule has 1 N–H and O–H groups in total. The van der Waals surface area contributed by atoms with E-state index in [2.05, 4.69) is 36.3 Å². The van der Waals surface area contributed by atoms with Crippen LogP contribution in [0.15, 0.2) is 0 Å². The van der Waals surface area contributed by atoms with Gasteiger partial charge in [-0.2, -0.15) is 11.8 Å². The van der Waals surface area contributed by atoms with Crippen LogP contribution >= 0.6 is 23.1 Å². The highest BCUT2D eigenvalue weighted by Gasteiger charge is 2.30. The molecule has 0 saturated carbocycles. The Balaban J connectivity index is 1.88. The van der Waals surface area contributed by atoms with E-state index in [1.807, 2.05) is 25.6 Å². The normalized spacial score (nSPS) is 17.3. The molecule has 130 valence electrons. The lowest BCUT2D eigenvalue weighted by Crippen LogP contribution is -2.34. The van der Waals surface area contributed by atoms with Gasteiger partial charge in [0.2, 0.25) is 11.0 Å². The number of thioether (sulfide) groups is 1. The predicted octanol–water partition coefficient (Wildman–Crippen LogP) is 3.71. The zero-order chi connectivity index (χ0) is 17.1. The number of anilines is 1. The first-order valence-corrected chi connectivity index (χ1v) is 9.90. The van der Waals surface area contributed by atoms with Crippen LogP contribution in [0.4, 0.5) is 5.13 Å². The van der Waals surface area contributed by atoms with Gasteiger partial charge in [-0.05, 0) is 12.8 Å². The summed E-state index contributed by atoms with van der Waals surface area (Å²) in [5.74, 6) is 0.808. The molecular formula is C16H27N3O2S2. The molecule has 1 aromatic rings. The molecular weight excluding hydrogens is 330 g/mol. The molecule has 23 heavy (non-hydrogen) atoms. The first-order chi connectivity index (χ1) is 10.7. The van der Waals surface area contributed by atoms with Gasteiger partial charge in [-0.25, -0.2) is 0 Å². The predicted molar refractivity (Wildman–Crippen MR) is 97.3 cm³/mol. The molecule has 5 nitrogen and oxygen atoms in total. The van der Waals surface area contributed by atoms with E-state index in [1.165, 1.54) is 11.3 Å². The number of rotatable bonds is 5. The van der Waals surface area contributed by atoms with Crippen molar-refractivity contribution in [2.45, 2.75) is 58.1 Å². The van der Waals surface area contributed by atoms with E-state index in [-0.39, 0.29) is 11.3 Å². The molecule has 1 saturated heterocycles.